The Labute approximate surface area is 158 Å². The molecule has 0 amide bonds. The van der Waals surface area contributed by atoms with E-state index in [2.05, 4.69) is 51.6 Å². The summed E-state index contributed by atoms with van der Waals surface area (Å²) >= 11 is 0. The highest BCUT2D eigenvalue weighted by atomic mass is 16.4. The maximum absolute atomic E-state index is 11.5. The van der Waals surface area contributed by atoms with E-state index in [0.29, 0.717) is 6.54 Å². The van der Waals surface area contributed by atoms with E-state index < -0.39 is 5.97 Å². The third kappa shape index (κ3) is 3.45. The van der Waals surface area contributed by atoms with Crippen molar-refractivity contribution in [1.29, 1.82) is 0 Å². The first-order valence-corrected chi connectivity index (χ1v) is 9.29. The predicted octanol–water partition coefficient (Wildman–Crippen LogP) is 2.99. The number of carboxylic acids is 1. The van der Waals surface area contributed by atoms with Gasteiger partial charge in [-0.2, -0.15) is 0 Å². The number of rotatable bonds is 5. The second-order valence-electron chi connectivity index (χ2n) is 7.47. The van der Waals surface area contributed by atoms with Crippen LogP contribution in [0.15, 0.2) is 36.8 Å². The Bertz CT molecular complexity index is 981. The number of hydrogen-bond donors (Lipinski definition) is 1. The number of benzene rings is 1. The molecule has 1 aliphatic rings. The van der Waals surface area contributed by atoms with E-state index in [1.54, 1.807) is 6.20 Å². The lowest BCUT2D eigenvalue weighted by Gasteiger charge is -2.26. The summed E-state index contributed by atoms with van der Waals surface area (Å²) in [5.74, 6) is -1.00. The fraction of sp³-hybridized carbons (Fsp3) is 0.381. The summed E-state index contributed by atoms with van der Waals surface area (Å²) in [6.07, 6.45) is 4.24. The molecule has 3 heterocycles. The van der Waals surface area contributed by atoms with Gasteiger partial charge < -0.3 is 14.6 Å². The van der Waals surface area contributed by atoms with Gasteiger partial charge in [0.25, 0.3) is 0 Å². The molecule has 0 radical (unpaired) electrons. The highest BCUT2D eigenvalue weighted by molar-refractivity contribution is 5.86. The Kier molecular flexibility index (Phi) is 4.66. The smallest absolute Gasteiger partial charge is 0.304 e. The molecule has 1 aliphatic heterocycles. The molecule has 0 bridgehead atoms. The molecule has 6 nitrogen and oxygen atoms in total. The van der Waals surface area contributed by atoms with Crippen molar-refractivity contribution < 1.29 is 9.90 Å². The first-order chi connectivity index (χ1) is 13.0. The second-order valence-corrected chi connectivity index (χ2v) is 7.47. The molecule has 140 valence electrons. The zero-order valence-electron chi connectivity index (χ0n) is 15.7. The van der Waals surface area contributed by atoms with E-state index in [1.807, 2.05) is 6.07 Å². The van der Waals surface area contributed by atoms with Crippen LogP contribution in [-0.4, -0.2) is 44.1 Å². The molecule has 0 aliphatic carbocycles. The number of carboxylic acid groups (broad SMARTS) is 1. The van der Waals surface area contributed by atoms with Crippen LogP contribution in [0.5, 0.6) is 0 Å². The fourth-order valence-electron chi connectivity index (χ4n) is 4.13. The van der Waals surface area contributed by atoms with Crippen molar-refractivity contribution >= 4 is 16.9 Å². The minimum atomic E-state index is -0.808. The van der Waals surface area contributed by atoms with Gasteiger partial charge in [0, 0.05) is 54.0 Å². The van der Waals surface area contributed by atoms with E-state index in [1.165, 1.54) is 34.1 Å². The molecule has 1 unspecified atom stereocenters. The first kappa shape index (κ1) is 17.7. The number of aryl methyl sites for hydroxylation is 1. The Morgan fingerprint density at radius 1 is 1.33 bits per heavy atom. The van der Waals surface area contributed by atoms with E-state index in [-0.39, 0.29) is 12.3 Å². The predicted molar refractivity (Wildman–Crippen MR) is 104 cm³/mol. The van der Waals surface area contributed by atoms with E-state index in [4.69, 9.17) is 0 Å². The Morgan fingerprint density at radius 3 is 2.93 bits per heavy atom. The lowest BCUT2D eigenvalue weighted by molar-refractivity contribution is -0.137. The largest absolute Gasteiger partial charge is 0.481 e. The molecule has 1 aromatic carbocycles. The third-order valence-corrected chi connectivity index (χ3v) is 5.45. The summed E-state index contributed by atoms with van der Waals surface area (Å²) in [4.78, 5) is 22.1. The molecule has 4 rings (SSSR count). The summed E-state index contributed by atoms with van der Waals surface area (Å²) in [7, 11) is 2.13. The Hall–Kier alpha value is -2.73. The number of hydrogen-bond acceptors (Lipinski definition) is 4. The summed E-state index contributed by atoms with van der Waals surface area (Å²) in [5, 5.41) is 10.7. The molecule has 6 heteroatoms. The van der Waals surface area contributed by atoms with Crippen LogP contribution in [0.2, 0.25) is 0 Å². The van der Waals surface area contributed by atoms with Crippen molar-refractivity contribution in [1.82, 2.24) is 19.4 Å². The van der Waals surface area contributed by atoms with E-state index in [9.17, 15) is 9.90 Å². The van der Waals surface area contributed by atoms with Crippen molar-refractivity contribution in [2.45, 2.75) is 38.8 Å². The van der Waals surface area contributed by atoms with Crippen LogP contribution >= 0.6 is 0 Å². The van der Waals surface area contributed by atoms with Gasteiger partial charge in [-0.25, -0.2) is 9.97 Å². The molecule has 27 heavy (non-hydrogen) atoms. The summed E-state index contributed by atoms with van der Waals surface area (Å²) in [5.41, 5.74) is 5.92. The van der Waals surface area contributed by atoms with Gasteiger partial charge in [0.05, 0.1) is 6.42 Å². The molecule has 2 aromatic heterocycles. The Balaban J connectivity index is 1.82. The van der Waals surface area contributed by atoms with Gasteiger partial charge in [-0.05, 0) is 44.2 Å². The van der Waals surface area contributed by atoms with Crippen LogP contribution in [0, 0.1) is 6.92 Å². The minimum Gasteiger partial charge on any atom is -0.481 e. The highest BCUT2D eigenvalue weighted by Crippen LogP contribution is 2.33. The molecular weight excluding hydrogens is 340 g/mol. The first-order valence-electron chi connectivity index (χ1n) is 9.29. The Morgan fingerprint density at radius 2 is 2.19 bits per heavy atom. The van der Waals surface area contributed by atoms with Crippen molar-refractivity contribution in [3.05, 3.63) is 59.3 Å². The highest BCUT2D eigenvalue weighted by Gasteiger charge is 2.25. The third-order valence-electron chi connectivity index (χ3n) is 5.45. The number of likely N-dealkylation sites (N-methyl/N-ethyl adjacent to an activating group) is 1. The van der Waals surface area contributed by atoms with Gasteiger partial charge in [-0.1, -0.05) is 11.6 Å². The normalized spacial score (nSPS) is 15.6. The molecule has 0 spiro atoms. The van der Waals surface area contributed by atoms with Gasteiger partial charge in [-0.3, -0.25) is 4.79 Å². The molecule has 1 atom stereocenters. The molecule has 0 saturated heterocycles. The molecule has 3 aromatic rings. The second kappa shape index (κ2) is 7.12. The van der Waals surface area contributed by atoms with Gasteiger partial charge in [-0.15, -0.1) is 0 Å². The number of aliphatic carboxylic acids is 1. The number of aromatic nitrogens is 3. The molecule has 0 fully saturated rings. The van der Waals surface area contributed by atoms with Crippen LogP contribution in [0.25, 0.3) is 10.9 Å². The maximum Gasteiger partial charge on any atom is 0.304 e. The van der Waals surface area contributed by atoms with Gasteiger partial charge >= 0.3 is 5.97 Å². The zero-order valence-corrected chi connectivity index (χ0v) is 15.7. The number of nitrogens with zero attached hydrogens (tertiary/aromatic N) is 4. The minimum absolute atomic E-state index is 0.0488. The lowest BCUT2D eigenvalue weighted by Crippen LogP contribution is -2.28. The molecular formula is C21H24N4O2. The monoisotopic (exact) mass is 364 g/mol. The van der Waals surface area contributed by atoms with Gasteiger partial charge in [0.2, 0.25) is 0 Å². The van der Waals surface area contributed by atoms with Crippen LogP contribution in [0.1, 0.15) is 34.9 Å². The average molecular weight is 364 g/mol. The molecule has 0 saturated carbocycles. The maximum atomic E-state index is 11.5. The zero-order chi connectivity index (χ0) is 19.0. The summed E-state index contributed by atoms with van der Waals surface area (Å²) in [6.45, 7) is 4.65. The summed E-state index contributed by atoms with van der Waals surface area (Å²) in [6, 6.07) is 8.38. The number of carbonyl (C=O) groups is 1. The van der Waals surface area contributed by atoms with Gasteiger partial charge in [0.15, 0.2) is 0 Å². The lowest BCUT2D eigenvalue weighted by atomic mass is 10.0. The fourth-order valence-corrected chi connectivity index (χ4v) is 4.13. The van der Waals surface area contributed by atoms with E-state index in [0.717, 1.165) is 25.2 Å². The van der Waals surface area contributed by atoms with Crippen molar-refractivity contribution in [3.63, 3.8) is 0 Å². The average Bonchev–Trinajstić information content (AvgIpc) is 2.94. The van der Waals surface area contributed by atoms with Crippen molar-refractivity contribution in [3.8, 4) is 0 Å². The van der Waals surface area contributed by atoms with Crippen LogP contribution in [0.4, 0.5) is 0 Å². The topological polar surface area (TPSA) is 71.2 Å². The number of fused-ring (bicyclic) bond motifs is 3. The van der Waals surface area contributed by atoms with Gasteiger partial charge in [0.1, 0.15) is 6.33 Å². The van der Waals surface area contributed by atoms with Crippen LogP contribution < -0.4 is 0 Å². The van der Waals surface area contributed by atoms with Crippen molar-refractivity contribution in [2.75, 3.05) is 13.6 Å². The molecule has 1 N–H and O–H groups in total. The van der Waals surface area contributed by atoms with Crippen LogP contribution in [0.3, 0.4) is 0 Å². The standard InChI is InChI=1S/C21H24N4O2/c1-14-3-4-19-17(9-14)16-6-8-24(2)12-20(16)25(19)11-15(10-21(26)27)18-5-7-22-13-23-18/h3-5,7,9,13,15H,6,8,10-12H2,1-2H3,(H,26,27). The SMILES string of the molecule is Cc1ccc2c(c1)c1c(n2CC(CC(=O)O)c2ccncn2)CN(C)CC1. The van der Waals surface area contributed by atoms with Crippen LogP contribution in [-0.2, 0) is 24.3 Å². The van der Waals surface area contributed by atoms with E-state index >= 15 is 0 Å². The summed E-state index contributed by atoms with van der Waals surface area (Å²) < 4.78 is 2.31. The van der Waals surface area contributed by atoms with Crippen molar-refractivity contribution in [2.24, 2.45) is 0 Å². The quantitative estimate of drug-likeness (QED) is 0.754.